The van der Waals surface area contributed by atoms with Gasteiger partial charge in [-0.1, -0.05) is 31.3 Å². The highest BCUT2D eigenvalue weighted by atomic mass is 32.1. The monoisotopic (exact) mass is 386 g/mol. The molecule has 1 aliphatic heterocycles. The van der Waals surface area contributed by atoms with Crippen LogP contribution in [0.5, 0.6) is 5.75 Å². The fourth-order valence-electron chi connectivity index (χ4n) is 3.79. The van der Waals surface area contributed by atoms with Crippen molar-refractivity contribution in [2.24, 2.45) is 0 Å². The summed E-state index contributed by atoms with van der Waals surface area (Å²) in [7, 11) is 1.88. The molecule has 6 heteroatoms. The number of hydrogen-bond donors (Lipinski definition) is 0. The maximum Gasteiger partial charge on any atom is 0.310 e. The number of likely N-dealkylation sites (N-methyl/N-ethyl adjacent to an activating group) is 1. The van der Waals surface area contributed by atoms with Crippen molar-refractivity contribution in [1.29, 1.82) is 0 Å². The van der Waals surface area contributed by atoms with E-state index < -0.39 is 0 Å². The zero-order valence-corrected chi connectivity index (χ0v) is 16.7. The van der Waals surface area contributed by atoms with E-state index in [1.165, 1.54) is 0 Å². The molecule has 1 aromatic rings. The van der Waals surface area contributed by atoms with Crippen LogP contribution < -0.4 is 4.74 Å². The van der Waals surface area contributed by atoms with Crippen LogP contribution >= 0.6 is 12.2 Å². The number of carbonyl (C=O) groups is 2. The minimum atomic E-state index is -0.286. The number of benzene rings is 1. The minimum Gasteiger partial charge on any atom is -0.427 e. The van der Waals surface area contributed by atoms with Gasteiger partial charge in [-0.05, 0) is 48.4 Å². The molecule has 0 aromatic heterocycles. The van der Waals surface area contributed by atoms with Gasteiger partial charge in [0.1, 0.15) is 5.75 Å². The molecule has 144 valence electrons. The van der Waals surface area contributed by atoms with Gasteiger partial charge in [-0.2, -0.15) is 0 Å². The second-order valence-corrected chi connectivity index (χ2v) is 7.69. The van der Waals surface area contributed by atoms with Crippen LogP contribution in [0.3, 0.4) is 0 Å². The second kappa shape index (κ2) is 8.76. The highest BCUT2D eigenvalue weighted by Gasteiger charge is 2.36. The largest absolute Gasteiger partial charge is 0.427 e. The minimum absolute atomic E-state index is 0.0154. The number of esters is 1. The summed E-state index contributed by atoms with van der Waals surface area (Å²) in [5.41, 5.74) is 0.597. The molecule has 2 unspecified atom stereocenters. The van der Waals surface area contributed by atoms with Gasteiger partial charge in [-0.3, -0.25) is 14.5 Å². The molecule has 0 radical (unpaired) electrons. The second-order valence-electron chi connectivity index (χ2n) is 7.11. The Morgan fingerprint density at radius 1 is 1.22 bits per heavy atom. The fraction of sp³-hybridized carbons (Fsp3) is 0.476. The lowest BCUT2D eigenvalue weighted by atomic mass is 9.87. The molecule has 1 aliphatic carbocycles. The third-order valence-corrected chi connectivity index (χ3v) is 5.73. The number of carbonyl (C=O) groups excluding carboxylic acids is 2. The van der Waals surface area contributed by atoms with Crippen LogP contribution in [-0.2, 0) is 4.79 Å². The Morgan fingerprint density at radius 3 is 2.52 bits per heavy atom. The number of thiocarbonyl (C=S) groups is 1. The first kappa shape index (κ1) is 19.7. The smallest absolute Gasteiger partial charge is 0.310 e. The summed E-state index contributed by atoms with van der Waals surface area (Å²) in [6.07, 6.45) is 7.32. The molecule has 3 rings (SSSR count). The summed E-state index contributed by atoms with van der Waals surface area (Å²) in [4.78, 5) is 29.8. The van der Waals surface area contributed by atoms with Gasteiger partial charge in [0.15, 0.2) is 0 Å². The van der Waals surface area contributed by atoms with Gasteiger partial charge in [0.05, 0.1) is 0 Å². The molecule has 1 saturated carbocycles. The van der Waals surface area contributed by atoms with Crippen LogP contribution in [0, 0.1) is 0 Å². The zero-order chi connectivity index (χ0) is 19.4. The van der Waals surface area contributed by atoms with Crippen molar-refractivity contribution in [3.05, 3.63) is 42.0 Å². The standard InChI is InChI=1S/C21H26N2O3S/c1-3-20(24)26-16-8-6-15(7-9-16)21(25)22(2)18-11-10-17(27)14-19(18)23-12-4-5-13-23/h4-9,18-19H,3,10-14H2,1-2H3. The van der Waals surface area contributed by atoms with Crippen LogP contribution in [0.1, 0.15) is 43.0 Å². The summed E-state index contributed by atoms with van der Waals surface area (Å²) in [5, 5.41) is 0. The average molecular weight is 387 g/mol. The Bertz CT molecular complexity index is 736. The van der Waals surface area contributed by atoms with Gasteiger partial charge in [-0.15, -0.1) is 0 Å². The van der Waals surface area contributed by atoms with E-state index in [0.717, 1.165) is 37.2 Å². The first-order valence-corrected chi connectivity index (χ1v) is 9.89. The third kappa shape index (κ3) is 4.62. The SMILES string of the molecule is CCC(=O)Oc1ccc(C(=O)N(C)C2CCC(=S)CC2N2CC=CC2)cc1. The lowest BCUT2D eigenvalue weighted by molar-refractivity contribution is -0.134. The van der Waals surface area contributed by atoms with E-state index in [1.54, 1.807) is 31.2 Å². The van der Waals surface area contributed by atoms with Crippen molar-refractivity contribution < 1.29 is 14.3 Å². The molecule has 5 nitrogen and oxygen atoms in total. The van der Waals surface area contributed by atoms with Crippen LogP contribution in [0.15, 0.2) is 36.4 Å². The van der Waals surface area contributed by atoms with Gasteiger partial charge in [0.25, 0.3) is 5.91 Å². The molecule has 0 spiro atoms. The van der Waals surface area contributed by atoms with Crippen molar-refractivity contribution in [3.8, 4) is 5.75 Å². The lowest BCUT2D eigenvalue weighted by Crippen LogP contribution is -2.54. The van der Waals surface area contributed by atoms with E-state index in [1.807, 2.05) is 11.9 Å². The molecule has 0 bridgehead atoms. The molecule has 1 heterocycles. The number of nitrogens with zero attached hydrogens (tertiary/aromatic N) is 2. The summed E-state index contributed by atoms with van der Waals surface area (Å²) in [6.45, 7) is 3.59. The highest BCUT2D eigenvalue weighted by molar-refractivity contribution is 7.80. The van der Waals surface area contributed by atoms with E-state index in [0.29, 0.717) is 17.7 Å². The Labute approximate surface area is 166 Å². The summed E-state index contributed by atoms with van der Waals surface area (Å²) in [5.74, 6) is 0.162. The Kier molecular flexibility index (Phi) is 6.39. The molecular weight excluding hydrogens is 360 g/mol. The summed E-state index contributed by atoms with van der Waals surface area (Å²) in [6, 6.07) is 7.19. The third-order valence-electron chi connectivity index (χ3n) is 5.35. The maximum atomic E-state index is 13.0. The van der Waals surface area contributed by atoms with Crippen molar-refractivity contribution in [1.82, 2.24) is 9.80 Å². The fourth-order valence-corrected chi connectivity index (χ4v) is 4.07. The predicted molar refractivity (Wildman–Crippen MR) is 109 cm³/mol. The van der Waals surface area contributed by atoms with Gasteiger partial charge in [0.2, 0.25) is 0 Å². The number of amides is 1. The Balaban J connectivity index is 1.71. The van der Waals surface area contributed by atoms with Gasteiger partial charge < -0.3 is 9.64 Å². The van der Waals surface area contributed by atoms with E-state index in [4.69, 9.17) is 17.0 Å². The zero-order valence-electron chi connectivity index (χ0n) is 15.9. The molecule has 2 aliphatic rings. The molecule has 0 N–H and O–H groups in total. The van der Waals surface area contributed by atoms with Crippen molar-refractivity contribution in [3.63, 3.8) is 0 Å². The summed E-state index contributed by atoms with van der Waals surface area (Å²) < 4.78 is 5.18. The molecule has 27 heavy (non-hydrogen) atoms. The molecule has 1 fully saturated rings. The average Bonchev–Trinajstić information content (AvgIpc) is 3.22. The number of hydrogen-bond acceptors (Lipinski definition) is 5. The van der Waals surface area contributed by atoms with Gasteiger partial charge in [-0.25, -0.2) is 0 Å². The van der Waals surface area contributed by atoms with E-state index in [2.05, 4.69) is 17.1 Å². The van der Waals surface area contributed by atoms with Crippen molar-refractivity contribution in [2.75, 3.05) is 20.1 Å². The normalized spacial score (nSPS) is 22.7. The molecule has 1 aromatic carbocycles. The topological polar surface area (TPSA) is 49.9 Å². The van der Waals surface area contributed by atoms with E-state index in [-0.39, 0.29) is 24.0 Å². The Morgan fingerprint density at radius 2 is 1.89 bits per heavy atom. The van der Waals surface area contributed by atoms with Gasteiger partial charge in [0, 0.05) is 44.2 Å². The predicted octanol–water partition coefficient (Wildman–Crippen LogP) is 3.24. The quantitative estimate of drug-likeness (QED) is 0.337. The highest BCUT2D eigenvalue weighted by Crippen LogP contribution is 2.28. The number of rotatable bonds is 5. The maximum absolute atomic E-state index is 13.0. The number of ether oxygens (including phenoxy) is 1. The molecular formula is C21H26N2O3S. The van der Waals surface area contributed by atoms with Crippen LogP contribution in [0.25, 0.3) is 0 Å². The van der Waals surface area contributed by atoms with Gasteiger partial charge >= 0.3 is 5.97 Å². The molecule has 1 amide bonds. The first-order chi connectivity index (χ1) is 13.0. The molecule has 0 saturated heterocycles. The van der Waals surface area contributed by atoms with Crippen LogP contribution in [-0.4, -0.2) is 58.8 Å². The van der Waals surface area contributed by atoms with Crippen molar-refractivity contribution >= 4 is 29.0 Å². The lowest BCUT2D eigenvalue weighted by Gasteiger charge is -2.42. The first-order valence-electron chi connectivity index (χ1n) is 9.48. The van der Waals surface area contributed by atoms with E-state index in [9.17, 15) is 9.59 Å². The van der Waals surface area contributed by atoms with E-state index >= 15 is 0 Å². The van der Waals surface area contributed by atoms with Crippen LogP contribution in [0.2, 0.25) is 0 Å². The van der Waals surface area contributed by atoms with Crippen molar-refractivity contribution in [2.45, 2.75) is 44.7 Å². The Hall–Kier alpha value is -2.05. The molecule has 2 atom stereocenters. The summed E-state index contributed by atoms with van der Waals surface area (Å²) >= 11 is 5.48. The van der Waals surface area contributed by atoms with Crippen LogP contribution in [0.4, 0.5) is 0 Å².